The van der Waals surface area contributed by atoms with Crippen molar-refractivity contribution in [1.82, 2.24) is 15.1 Å². The Balaban J connectivity index is 1.17. The molecular weight excluding hydrogens is 529 g/mol. The fourth-order valence-electron chi connectivity index (χ4n) is 9.49. The predicted octanol–water partition coefficient (Wildman–Crippen LogP) is 5.77. The number of fused-ring (bicyclic) bond motifs is 6. The number of nitrogens with zero attached hydrogens (tertiary/aromatic N) is 2. The van der Waals surface area contributed by atoms with Gasteiger partial charge in [0.05, 0.1) is 29.7 Å². The van der Waals surface area contributed by atoms with Crippen LogP contribution in [-0.4, -0.2) is 37.6 Å². The predicted molar refractivity (Wildman–Crippen MR) is 159 cm³/mol. The molecule has 0 bridgehead atoms. The standard InChI is InChI=1S/C35H40FN3O3/c1-21(22-7-5-4-6-8-22)38-32(41)35(42)16-15-28-27-14-9-24-17-29-23(20-37-39(29)26-12-10-25(36)11-13-26)18-33(24,2)31(27)30(40)19-34(28,35)3/h4-8,10-13,17,20-21,27-28,30-31,40,42H,9,14-16,18-19H2,1-3H3,(H,38,41). The van der Waals surface area contributed by atoms with Gasteiger partial charge in [-0.2, -0.15) is 5.10 Å². The van der Waals surface area contributed by atoms with Gasteiger partial charge in [0.25, 0.3) is 5.91 Å². The molecule has 2 aromatic carbocycles. The number of hydrogen-bond acceptors (Lipinski definition) is 4. The SMILES string of the molecule is CC(NC(=O)C1(O)CCC2C3CCC4=Cc5c(cnn5-c5ccc(F)cc5)CC4(C)C3C(O)CC21C)c1ccccc1. The maximum atomic E-state index is 13.8. The van der Waals surface area contributed by atoms with Crippen molar-refractivity contribution in [3.05, 3.63) is 89.0 Å². The van der Waals surface area contributed by atoms with Crippen LogP contribution in [0.4, 0.5) is 4.39 Å². The molecule has 8 unspecified atom stereocenters. The van der Waals surface area contributed by atoms with Crippen molar-refractivity contribution in [2.24, 2.45) is 28.6 Å². The third-order valence-corrected chi connectivity index (χ3v) is 11.7. The summed E-state index contributed by atoms with van der Waals surface area (Å²) >= 11 is 0. The molecule has 8 atom stereocenters. The normalized spacial score (nSPS) is 35.7. The van der Waals surface area contributed by atoms with E-state index in [1.54, 1.807) is 12.1 Å². The molecule has 7 heteroatoms. The molecule has 0 spiro atoms. The number of hydrogen-bond donors (Lipinski definition) is 3. The molecular formula is C35H40FN3O3. The van der Waals surface area contributed by atoms with E-state index in [9.17, 15) is 19.4 Å². The van der Waals surface area contributed by atoms with E-state index in [2.05, 4.69) is 23.4 Å². The average molecular weight is 570 g/mol. The molecule has 1 amide bonds. The van der Waals surface area contributed by atoms with Gasteiger partial charge in [-0.1, -0.05) is 49.8 Å². The smallest absolute Gasteiger partial charge is 0.253 e. The van der Waals surface area contributed by atoms with Crippen molar-refractivity contribution < 1.29 is 19.4 Å². The molecule has 220 valence electrons. The van der Waals surface area contributed by atoms with Gasteiger partial charge in [-0.3, -0.25) is 4.79 Å². The van der Waals surface area contributed by atoms with Crippen LogP contribution in [0, 0.1) is 34.4 Å². The number of rotatable bonds is 4. The van der Waals surface area contributed by atoms with E-state index >= 15 is 0 Å². The summed E-state index contributed by atoms with van der Waals surface area (Å²) in [6.45, 7) is 6.27. The minimum atomic E-state index is -1.53. The first-order valence-corrected chi connectivity index (χ1v) is 15.4. The Kier molecular flexibility index (Phi) is 6.30. The number of carbonyl (C=O) groups excluding carboxylic acids is 1. The van der Waals surface area contributed by atoms with Crippen LogP contribution >= 0.6 is 0 Å². The summed E-state index contributed by atoms with van der Waals surface area (Å²) in [5.41, 5.74) is 2.83. The molecule has 3 N–H and O–H groups in total. The fourth-order valence-corrected chi connectivity index (χ4v) is 9.49. The maximum Gasteiger partial charge on any atom is 0.253 e. The molecule has 3 aromatic rings. The summed E-state index contributed by atoms with van der Waals surface area (Å²) in [6, 6.07) is 16.0. The van der Waals surface area contributed by atoms with Crippen molar-refractivity contribution in [2.45, 2.75) is 77.0 Å². The highest BCUT2D eigenvalue weighted by Crippen LogP contribution is 2.67. The molecule has 0 radical (unpaired) electrons. The second-order valence-corrected chi connectivity index (χ2v) is 13.7. The molecule has 4 aliphatic carbocycles. The van der Waals surface area contributed by atoms with E-state index in [0.29, 0.717) is 12.8 Å². The monoisotopic (exact) mass is 569 g/mol. The number of nitrogens with one attached hydrogen (secondary N) is 1. The van der Waals surface area contributed by atoms with E-state index in [-0.39, 0.29) is 40.9 Å². The minimum Gasteiger partial charge on any atom is -0.393 e. The van der Waals surface area contributed by atoms with Crippen LogP contribution in [0.2, 0.25) is 0 Å². The topological polar surface area (TPSA) is 87.4 Å². The van der Waals surface area contributed by atoms with Gasteiger partial charge in [-0.05, 0) is 110 Å². The van der Waals surface area contributed by atoms with Gasteiger partial charge < -0.3 is 15.5 Å². The van der Waals surface area contributed by atoms with Crippen LogP contribution in [0.1, 0.15) is 75.7 Å². The van der Waals surface area contributed by atoms with Gasteiger partial charge in [0, 0.05) is 5.41 Å². The summed E-state index contributed by atoms with van der Waals surface area (Å²) < 4.78 is 15.5. The average Bonchev–Trinajstić information content (AvgIpc) is 3.49. The van der Waals surface area contributed by atoms with Gasteiger partial charge in [0.1, 0.15) is 11.4 Å². The van der Waals surface area contributed by atoms with Crippen LogP contribution in [0.3, 0.4) is 0 Å². The first-order valence-electron chi connectivity index (χ1n) is 15.4. The quantitative estimate of drug-likeness (QED) is 0.372. The van der Waals surface area contributed by atoms with E-state index in [4.69, 9.17) is 0 Å². The molecule has 7 rings (SSSR count). The first kappa shape index (κ1) is 27.5. The van der Waals surface area contributed by atoms with Gasteiger partial charge in [-0.25, -0.2) is 9.07 Å². The summed E-state index contributed by atoms with van der Waals surface area (Å²) in [5, 5.41) is 31.8. The van der Waals surface area contributed by atoms with Crippen LogP contribution in [-0.2, 0) is 11.2 Å². The number of halogens is 1. The second-order valence-electron chi connectivity index (χ2n) is 13.7. The van der Waals surface area contributed by atoms with Gasteiger partial charge in [-0.15, -0.1) is 0 Å². The van der Waals surface area contributed by atoms with Crippen molar-refractivity contribution in [2.75, 3.05) is 0 Å². The second kappa shape index (κ2) is 9.61. The summed E-state index contributed by atoms with van der Waals surface area (Å²) in [6.07, 6.45) is 7.69. The van der Waals surface area contributed by atoms with Crippen molar-refractivity contribution in [3.63, 3.8) is 0 Å². The zero-order valence-corrected chi connectivity index (χ0v) is 24.6. The Morgan fingerprint density at radius 3 is 2.60 bits per heavy atom. The highest BCUT2D eigenvalue weighted by molar-refractivity contribution is 5.87. The number of aromatic nitrogens is 2. The Bertz CT molecular complexity index is 1550. The van der Waals surface area contributed by atoms with E-state index in [1.807, 2.05) is 55.1 Å². The lowest BCUT2D eigenvalue weighted by Crippen LogP contribution is -2.63. The Morgan fingerprint density at radius 1 is 1.12 bits per heavy atom. The molecule has 3 saturated carbocycles. The summed E-state index contributed by atoms with van der Waals surface area (Å²) in [5.74, 6) is -0.207. The molecule has 0 aliphatic heterocycles. The Labute approximate surface area is 246 Å². The van der Waals surface area contributed by atoms with E-state index in [1.165, 1.54) is 17.7 Å². The molecule has 1 aromatic heterocycles. The molecule has 1 heterocycles. The van der Waals surface area contributed by atoms with Crippen LogP contribution in [0.5, 0.6) is 0 Å². The van der Waals surface area contributed by atoms with E-state index in [0.717, 1.165) is 48.2 Å². The Morgan fingerprint density at radius 2 is 1.86 bits per heavy atom. The van der Waals surface area contributed by atoms with Gasteiger partial charge in [0.2, 0.25) is 0 Å². The van der Waals surface area contributed by atoms with Crippen molar-refractivity contribution >= 4 is 12.0 Å². The number of benzene rings is 2. The van der Waals surface area contributed by atoms with Crippen LogP contribution in [0.25, 0.3) is 11.8 Å². The lowest BCUT2D eigenvalue weighted by atomic mass is 9.45. The minimum absolute atomic E-state index is 0.0338. The number of allylic oxidation sites excluding steroid dienone is 1. The van der Waals surface area contributed by atoms with Crippen molar-refractivity contribution in [1.29, 1.82) is 0 Å². The third kappa shape index (κ3) is 3.89. The number of aliphatic hydroxyl groups excluding tert-OH is 1. The van der Waals surface area contributed by atoms with Crippen molar-refractivity contribution in [3.8, 4) is 5.69 Å². The third-order valence-electron chi connectivity index (χ3n) is 11.7. The highest BCUT2D eigenvalue weighted by Gasteiger charge is 2.68. The molecule has 4 aliphatic rings. The first-order chi connectivity index (χ1) is 20.0. The number of amides is 1. The molecule has 42 heavy (non-hydrogen) atoms. The summed E-state index contributed by atoms with van der Waals surface area (Å²) in [4.78, 5) is 13.8. The van der Waals surface area contributed by atoms with Crippen LogP contribution < -0.4 is 5.32 Å². The van der Waals surface area contributed by atoms with Gasteiger partial charge >= 0.3 is 0 Å². The Hall–Kier alpha value is -3.29. The largest absolute Gasteiger partial charge is 0.393 e. The van der Waals surface area contributed by atoms with Crippen LogP contribution in [0.15, 0.2) is 66.4 Å². The van der Waals surface area contributed by atoms with Gasteiger partial charge in [0.15, 0.2) is 0 Å². The molecule has 6 nitrogen and oxygen atoms in total. The molecule has 0 saturated heterocycles. The fraction of sp³-hybridized carbons (Fsp3) is 0.486. The molecule has 3 fully saturated rings. The lowest BCUT2D eigenvalue weighted by Gasteiger charge is -2.60. The highest BCUT2D eigenvalue weighted by atomic mass is 19.1. The zero-order valence-electron chi connectivity index (χ0n) is 24.6. The zero-order chi connectivity index (χ0) is 29.4. The number of aliphatic hydroxyl groups is 2. The summed E-state index contributed by atoms with van der Waals surface area (Å²) in [7, 11) is 0. The number of carbonyl (C=O) groups is 1. The van der Waals surface area contributed by atoms with E-state index < -0.39 is 17.1 Å². The maximum absolute atomic E-state index is 13.8. The lowest BCUT2D eigenvalue weighted by molar-refractivity contribution is -0.181.